The van der Waals surface area contributed by atoms with Crippen LogP contribution in [0, 0.1) is 0 Å². The molecule has 0 bridgehead atoms. The van der Waals surface area contributed by atoms with E-state index in [0.717, 1.165) is 42.6 Å². The first-order chi connectivity index (χ1) is 15.1. The highest BCUT2D eigenvalue weighted by molar-refractivity contribution is 6.99. The van der Waals surface area contributed by atoms with Gasteiger partial charge in [-0.1, -0.05) is 50.5 Å². The van der Waals surface area contributed by atoms with Gasteiger partial charge in [-0.3, -0.25) is 4.48 Å². The number of ether oxygens (including phenoxy) is 3. The topological polar surface area (TPSA) is 70.5 Å². The first-order valence-electron chi connectivity index (χ1n) is 10.9. The van der Waals surface area contributed by atoms with E-state index >= 15 is 0 Å². The average molecular weight is 447 g/mol. The number of aromatic nitrogens is 2. The third-order valence-electron chi connectivity index (χ3n) is 5.59. The Labute approximate surface area is 188 Å². The van der Waals surface area contributed by atoms with Crippen molar-refractivity contribution in [3.8, 4) is 5.88 Å². The van der Waals surface area contributed by atoms with Crippen molar-refractivity contribution in [1.82, 2.24) is 8.75 Å². The second-order valence-corrected chi connectivity index (χ2v) is 8.57. The molecule has 0 spiro atoms. The molecule has 0 N–H and O–H groups in total. The van der Waals surface area contributed by atoms with E-state index in [1.54, 1.807) is 0 Å². The summed E-state index contributed by atoms with van der Waals surface area (Å²) in [5.74, 6) is 0.603. The predicted octanol–water partition coefficient (Wildman–Crippen LogP) is 5.21. The molecule has 0 saturated carbocycles. The Kier molecular flexibility index (Phi) is 8.43. The van der Waals surface area contributed by atoms with Crippen molar-refractivity contribution >= 4 is 23.5 Å². The molecule has 2 unspecified atom stereocenters. The molecule has 0 aliphatic carbocycles. The summed E-state index contributed by atoms with van der Waals surface area (Å²) in [6.45, 7) is 4.32. The number of benzene rings is 1. The molecule has 1 aliphatic rings. The number of nitrogens with zero attached hydrogens (tertiary/aromatic N) is 3. The van der Waals surface area contributed by atoms with Crippen LogP contribution in [0.3, 0.4) is 0 Å². The Balaban J connectivity index is 1.77. The Morgan fingerprint density at radius 1 is 1.19 bits per heavy atom. The number of rotatable bonds is 10. The highest BCUT2D eigenvalue weighted by Gasteiger charge is 2.40. The van der Waals surface area contributed by atoms with Crippen molar-refractivity contribution in [1.29, 1.82) is 0 Å². The van der Waals surface area contributed by atoms with Gasteiger partial charge < -0.3 is 14.2 Å². The van der Waals surface area contributed by atoms with Crippen LogP contribution >= 0.6 is 11.7 Å². The highest BCUT2D eigenvalue weighted by atomic mass is 32.1. The van der Waals surface area contributed by atoms with Crippen molar-refractivity contribution in [2.24, 2.45) is 0 Å². The lowest BCUT2D eigenvalue weighted by atomic mass is 10.0. The van der Waals surface area contributed by atoms with Crippen molar-refractivity contribution in [3.63, 3.8) is 0 Å². The summed E-state index contributed by atoms with van der Waals surface area (Å²) >= 11 is 1.17. The van der Waals surface area contributed by atoms with Gasteiger partial charge in [-0.2, -0.15) is 4.37 Å². The van der Waals surface area contributed by atoms with Crippen molar-refractivity contribution in [2.75, 3.05) is 33.9 Å². The van der Waals surface area contributed by atoms with E-state index in [1.807, 2.05) is 30.3 Å². The molecule has 0 saturated heterocycles. The van der Waals surface area contributed by atoms with Gasteiger partial charge in [0.2, 0.25) is 0 Å². The minimum Gasteiger partial charge on any atom is -0.475 e. The molecular formula is C23H32N3O4S+. The minimum atomic E-state index is -0.685. The summed E-state index contributed by atoms with van der Waals surface area (Å²) in [6.07, 6.45) is 6.45. The van der Waals surface area contributed by atoms with Crippen LogP contribution in [0.1, 0.15) is 56.5 Å². The van der Waals surface area contributed by atoms with Gasteiger partial charge in [-0.25, -0.2) is 4.79 Å². The molecule has 3 rings (SSSR count). The van der Waals surface area contributed by atoms with Gasteiger partial charge >= 0.3 is 6.16 Å². The Bertz CT molecular complexity index is 871. The Morgan fingerprint density at radius 2 is 2.00 bits per heavy atom. The van der Waals surface area contributed by atoms with E-state index in [4.69, 9.17) is 14.2 Å². The van der Waals surface area contributed by atoms with E-state index in [2.05, 4.69) is 28.8 Å². The number of likely N-dealkylation sites (N-methyl/N-ethyl adjacent to an activating group) is 1. The SMILES string of the molecule is CCCCCCOc1nsnc1C1=CCC[N+](C)(C(OC(=O)OC)c2ccccc2)C1. The molecule has 1 aliphatic heterocycles. The number of methoxy groups -OCH3 is 1. The second kappa shape index (κ2) is 11.2. The fraction of sp³-hybridized carbons (Fsp3) is 0.522. The molecule has 8 heteroatoms. The lowest BCUT2D eigenvalue weighted by Gasteiger charge is -2.42. The van der Waals surface area contributed by atoms with Crippen LogP contribution in [-0.4, -0.2) is 53.2 Å². The van der Waals surface area contributed by atoms with Crippen molar-refractivity contribution < 1.29 is 23.5 Å². The van der Waals surface area contributed by atoms with Crippen LogP contribution in [-0.2, 0) is 9.47 Å². The highest BCUT2D eigenvalue weighted by Crippen LogP contribution is 2.37. The largest absolute Gasteiger partial charge is 0.512 e. The Morgan fingerprint density at radius 3 is 2.74 bits per heavy atom. The number of carbonyl (C=O) groups excluding carboxylic acids is 1. The number of carbonyl (C=O) groups is 1. The second-order valence-electron chi connectivity index (χ2n) is 8.04. The minimum absolute atomic E-state index is 0.484. The molecule has 0 fully saturated rings. The molecule has 168 valence electrons. The zero-order chi connectivity index (χ0) is 22.1. The molecule has 1 aromatic carbocycles. The summed E-state index contributed by atoms with van der Waals surface area (Å²) in [6, 6.07) is 9.80. The quantitative estimate of drug-likeness (QED) is 0.283. The molecule has 1 aromatic heterocycles. The predicted molar refractivity (Wildman–Crippen MR) is 121 cm³/mol. The van der Waals surface area contributed by atoms with E-state index in [9.17, 15) is 4.79 Å². The van der Waals surface area contributed by atoms with E-state index < -0.39 is 12.4 Å². The lowest BCUT2D eigenvalue weighted by molar-refractivity contribution is -0.953. The monoisotopic (exact) mass is 446 g/mol. The molecule has 2 aromatic rings. The maximum absolute atomic E-state index is 12.0. The molecule has 2 heterocycles. The zero-order valence-corrected chi connectivity index (χ0v) is 19.4. The first kappa shape index (κ1) is 23.2. The third kappa shape index (κ3) is 6.04. The summed E-state index contributed by atoms with van der Waals surface area (Å²) in [5.41, 5.74) is 2.80. The molecular weight excluding hydrogens is 414 g/mol. The van der Waals surface area contributed by atoms with Crippen LogP contribution in [0.2, 0.25) is 0 Å². The summed E-state index contributed by atoms with van der Waals surface area (Å²) in [4.78, 5) is 12.0. The molecule has 0 radical (unpaired) electrons. The van der Waals surface area contributed by atoms with E-state index in [1.165, 1.54) is 31.7 Å². The van der Waals surface area contributed by atoms with Crippen molar-refractivity contribution in [2.45, 2.75) is 45.3 Å². The molecule has 0 amide bonds. The zero-order valence-electron chi connectivity index (χ0n) is 18.6. The van der Waals surface area contributed by atoms with Crippen LogP contribution in [0.15, 0.2) is 36.4 Å². The Hall–Kier alpha value is -2.45. The number of hydrogen-bond acceptors (Lipinski definition) is 7. The number of unbranched alkanes of at least 4 members (excludes halogenated alkanes) is 3. The van der Waals surface area contributed by atoms with Gasteiger partial charge in [0.05, 0.1) is 44.6 Å². The number of quaternary nitrogens is 1. The van der Waals surface area contributed by atoms with Gasteiger partial charge in [0, 0.05) is 12.0 Å². The third-order valence-corrected chi connectivity index (χ3v) is 6.10. The fourth-order valence-electron chi connectivity index (χ4n) is 3.92. The van der Waals surface area contributed by atoms with Gasteiger partial charge in [0.1, 0.15) is 12.2 Å². The summed E-state index contributed by atoms with van der Waals surface area (Å²) in [5, 5.41) is 0. The normalized spacial score (nSPS) is 19.4. The van der Waals surface area contributed by atoms with Crippen LogP contribution in [0.5, 0.6) is 5.88 Å². The standard InChI is InChI=1S/C23H32N3O4S/c1-4-5-6-10-16-29-21-20(24-31-25-21)19-14-11-15-26(2,17-19)22(30-23(27)28-3)18-12-8-7-9-13-18/h7-9,12-14,22H,4-6,10-11,15-17H2,1-3H3/q+1. The first-order valence-corrected chi connectivity index (χ1v) is 11.6. The van der Waals surface area contributed by atoms with Gasteiger partial charge in [0.25, 0.3) is 12.1 Å². The van der Waals surface area contributed by atoms with E-state index in [0.29, 0.717) is 23.5 Å². The van der Waals surface area contributed by atoms with Gasteiger partial charge in [0.15, 0.2) is 0 Å². The maximum atomic E-state index is 12.0. The summed E-state index contributed by atoms with van der Waals surface area (Å²) < 4.78 is 25.9. The van der Waals surface area contributed by atoms with Crippen LogP contribution in [0.4, 0.5) is 4.79 Å². The smallest absolute Gasteiger partial charge is 0.475 e. The number of hydrogen-bond donors (Lipinski definition) is 0. The summed E-state index contributed by atoms with van der Waals surface area (Å²) in [7, 11) is 3.43. The molecule has 31 heavy (non-hydrogen) atoms. The fourth-order valence-corrected chi connectivity index (χ4v) is 4.45. The molecule has 7 nitrogen and oxygen atoms in total. The van der Waals surface area contributed by atoms with Crippen molar-refractivity contribution in [3.05, 3.63) is 47.7 Å². The average Bonchev–Trinajstić information content (AvgIpc) is 3.26. The lowest BCUT2D eigenvalue weighted by Crippen LogP contribution is -2.51. The maximum Gasteiger partial charge on any atom is 0.512 e. The van der Waals surface area contributed by atoms with E-state index in [-0.39, 0.29) is 0 Å². The van der Waals surface area contributed by atoms with Crippen LogP contribution in [0.25, 0.3) is 5.57 Å². The molecule has 2 atom stereocenters. The van der Waals surface area contributed by atoms with Gasteiger partial charge in [-0.05, 0) is 18.6 Å². The van der Waals surface area contributed by atoms with Crippen LogP contribution < -0.4 is 4.74 Å². The van der Waals surface area contributed by atoms with Gasteiger partial charge in [-0.15, -0.1) is 4.37 Å².